The predicted molar refractivity (Wildman–Crippen MR) is 120 cm³/mol. The molecule has 0 spiro atoms. The molecule has 3 aromatic rings. The van der Waals surface area contributed by atoms with Gasteiger partial charge in [-0.2, -0.15) is 0 Å². The number of hydrogen-bond acceptors (Lipinski definition) is 3. The summed E-state index contributed by atoms with van der Waals surface area (Å²) in [5.74, 6) is -0.822. The van der Waals surface area contributed by atoms with Crippen molar-refractivity contribution >= 4 is 28.7 Å². The Morgan fingerprint density at radius 1 is 1.00 bits per heavy atom. The highest BCUT2D eigenvalue weighted by Gasteiger charge is 2.24. The molecule has 0 radical (unpaired) electrons. The summed E-state index contributed by atoms with van der Waals surface area (Å²) in [4.78, 5) is 41.1. The number of carbonyl (C=O) groups is 2. The Morgan fingerprint density at radius 3 is 2.42 bits per heavy atom. The van der Waals surface area contributed by atoms with Gasteiger partial charge in [0.25, 0.3) is 5.56 Å². The Bertz CT molecular complexity index is 1220. The van der Waals surface area contributed by atoms with Gasteiger partial charge in [-0.25, -0.2) is 18.4 Å². The molecule has 10 heteroatoms. The molecule has 8 nitrogen and oxygen atoms in total. The average molecular weight is 455 g/mol. The molecular weight excluding hydrogens is 432 g/mol. The van der Waals surface area contributed by atoms with E-state index in [4.69, 9.17) is 0 Å². The topological polar surface area (TPSA) is 106 Å². The van der Waals surface area contributed by atoms with Gasteiger partial charge in [0.15, 0.2) is 0 Å². The first-order chi connectivity index (χ1) is 15.9. The molecule has 0 unspecified atom stereocenters. The lowest BCUT2D eigenvalue weighted by Crippen LogP contribution is -2.50. The Morgan fingerprint density at radius 2 is 1.70 bits per heavy atom. The molecule has 0 atom stereocenters. The molecule has 4 N–H and O–H groups in total. The van der Waals surface area contributed by atoms with Crippen LogP contribution in [0.5, 0.6) is 0 Å². The van der Waals surface area contributed by atoms with Gasteiger partial charge < -0.3 is 25.8 Å². The van der Waals surface area contributed by atoms with Crippen LogP contribution in [-0.4, -0.2) is 41.1 Å². The summed E-state index contributed by atoms with van der Waals surface area (Å²) >= 11 is 0. The van der Waals surface area contributed by atoms with E-state index in [1.54, 1.807) is 17.0 Å². The molecule has 1 aromatic heterocycles. The van der Waals surface area contributed by atoms with Crippen LogP contribution in [-0.2, 0) is 6.54 Å². The molecule has 1 saturated heterocycles. The van der Waals surface area contributed by atoms with Crippen LogP contribution in [0.25, 0.3) is 10.9 Å². The molecule has 172 valence electrons. The van der Waals surface area contributed by atoms with Crippen LogP contribution in [0.15, 0.2) is 53.3 Å². The van der Waals surface area contributed by atoms with Crippen LogP contribution in [0, 0.1) is 11.6 Å². The maximum atomic E-state index is 13.3. The summed E-state index contributed by atoms with van der Waals surface area (Å²) in [6.45, 7) is 0.932. The lowest BCUT2D eigenvalue weighted by atomic mass is 10.1. The normalized spacial score (nSPS) is 14.2. The maximum absolute atomic E-state index is 13.3. The van der Waals surface area contributed by atoms with Gasteiger partial charge >= 0.3 is 12.1 Å². The number of nitrogens with zero attached hydrogens (tertiary/aromatic N) is 1. The van der Waals surface area contributed by atoms with E-state index in [-0.39, 0.29) is 36.0 Å². The molecule has 0 saturated carbocycles. The standard InChI is InChI=1S/C23H23F2N5O3/c24-16-3-5-18(6-4-16)27-22(32)28-19-7-9-30(10-8-19)23(33)26-13-15-11-14-1-2-17(25)12-20(14)29-21(15)31/h1-6,11-12,19H,7-10,13H2,(H,26,33)(H,29,31)(H2,27,28,32). The van der Waals surface area contributed by atoms with Gasteiger partial charge in [-0.05, 0) is 66.8 Å². The quantitative estimate of drug-likeness (QED) is 0.485. The van der Waals surface area contributed by atoms with Crippen molar-refractivity contribution in [2.45, 2.75) is 25.4 Å². The van der Waals surface area contributed by atoms with Crippen molar-refractivity contribution in [3.63, 3.8) is 0 Å². The third-order valence-electron chi connectivity index (χ3n) is 5.53. The van der Waals surface area contributed by atoms with Gasteiger partial charge in [-0.1, -0.05) is 0 Å². The Hall–Kier alpha value is -3.95. The van der Waals surface area contributed by atoms with E-state index in [1.807, 2.05) is 0 Å². The monoisotopic (exact) mass is 455 g/mol. The number of piperidine rings is 1. The summed E-state index contributed by atoms with van der Waals surface area (Å²) in [6.07, 6.45) is 1.15. The molecule has 2 aromatic carbocycles. The molecule has 4 amide bonds. The molecule has 2 heterocycles. The molecule has 4 rings (SSSR count). The molecular formula is C23H23F2N5O3. The number of carbonyl (C=O) groups excluding carboxylic acids is 2. The number of likely N-dealkylation sites (tertiary alicyclic amines) is 1. The fourth-order valence-corrected chi connectivity index (χ4v) is 3.75. The van der Waals surface area contributed by atoms with E-state index in [2.05, 4.69) is 20.9 Å². The van der Waals surface area contributed by atoms with Gasteiger partial charge in [-0.15, -0.1) is 0 Å². The van der Waals surface area contributed by atoms with E-state index in [0.29, 0.717) is 48.1 Å². The number of anilines is 1. The molecule has 0 bridgehead atoms. The number of benzene rings is 2. The SMILES string of the molecule is O=C(Nc1ccc(F)cc1)NC1CCN(C(=O)NCc2cc3ccc(F)cc3[nH]c2=O)CC1. The van der Waals surface area contributed by atoms with Crippen LogP contribution < -0.4 is 21.5 Å². The van der Waals surface area contributed by atoms with E-state index >= 15 is 0 Å². The minimum Gasteiger partial charge on any atom is -0.335 e. The van der Waals surface area contributed by atoms with Crippen LogP contribution in [0.1, 0.15) is 18.4 Å². The summed E-state index contributed by atoms with van der Waals surface area (Å²) in [5.41, 5.74) is 0.868. The number of nitrogens with one attached hydrogen (secondary N) is 4. The highest BCUT2D eigenvalue weighted by atomic mass is 19.1. The zero-order chi connectivity index (χ0) is 23.4. The molecule has 0 aliphatic carbocycles. The third kappa shape index (κ3) is 5.65. The van der Waals surface area contributed by atoms with Gasteiger partial charge in [0, 0.05) is 36.9 Å². The van der Waals surface area contributed by atoms with Crippen molar-refractivity contribution in [3.05, 3.63) is 76.1 Å². The third-order valence-corrected chi connectivity index (χ3v) is 5.53. The smallest absolute Gasteiger partial charge is 0.319 e. The van der Waals surface area contributed by atoms with Crippen LogP contribution in [0.4, 0.5) is 24.1 Å². The Labute approximate surface area is 188 Å². The van der Waals surface area contributed by atoms with Crippen LogP contribution in [0.2, 0.25) is 0 Å². The second kappa shape index (κ2) is 9.68. The number of aromatic amines is 1. The number of halogens is 2. The number of amides is 4. The second-order valence-electron chi connectivity index (χ2n) is 7.88. The summed E-state index contributed by atoms with van der Waals surface area (Å²) in [7, 11) is 0. The van der Waals surface area contributed by atoms with E-state index < -0.39 is 5.82 Å². The second-order valence-corrected chi connectivity index (χ2v) is 7.88. The largest absolute Gasteiger partial charge is 0.335 e. The van der Waals surface area contributed by atoms with Crippen molar-refractivity contribution in [2.75, 3.05) is 18.4 Å². The fourth-order valence-electron chi connectivity index (χ4n) is 3.75. The number of aromatic nitrogens is 1. The highest BCUT2D eigenvalue weighted by molar-refractivity contribution is 5.89. The first-order valence-corrected chi connectivity index (χ1v) is 10.5. The number of pyridine rings is 1. The van der Waals surface area contributed by atoms with Crippen molar-refractivity contribution in [3.8, 4) is 0 Å². The lowest BCUT2D eigenvalue weighted by molar-refractivity contribution is 0.176. The van der Waals surface area contributed by atoms with Crippen molar-refractivity contribution < 1.29 is 18.4 Å². The number of H-pyrrole nitrogens is 1. The van der Waals surface area contributed by atoms with Gasteiger partial charge in [0.1, 0.15) is 11.6 Å². The zero-order valence-corrected chi connectivity index (χ0v) is 17.7. The molecule has 1 aliphatic heterocycles. The fraction of sp³-hybridized carbons (Fsp3) is 0.261. The first kappa shape index (κ1) is 22.3. The molecule has 1 aliphatic rings. The average Bonchev–Trinajstić information content (AvgIpc) is 2.79. The van der Waals surface area contributed by atoms with E-state index in [1.165, 1.54) is 36.4 Å². The minimum atomic E-state index is -0.440. The van der Waals surface area contributed by atoms with Gasteiger partial charge in [0.2, 0.25) is 0 Å². The van der Waals surface area contributed by atoms with Crippen LogP contribution >= 0.6 is 0 Å². The maximum Gasteiger partial charge on any atom is 0.319 e. The Balaban J connectivity index is 1.25. The van der Waals surface area contributed by atoms with Crippen molar-refractivity contribution in [2.24, 2.45) is 0 Å². The number of fused-ring (bicyclic) bond motifs is 1. The zero-order valence-electron chi connectivity index (χ0n) is 17.7. The van der Waals surface area contributed by atoms with Crippen LogP contribution in [0.3, 0.4) is 0 Å². The minimum absolute atomic E-state index is 0.0414. The summed E-state index contributed by atoms with van der Waals surface area (Å²) < 4.78 is 26.3. The highest BCUT2D eigenvalue weighted by Crippen LogP contribution is 2.14. The lowest BCUT2D eigenvalue weighted by Gasteiger charge is -2.32. The predicted octanol–water partition coefficient (Wildman–Crippen LogP) is 3.30. The summed E-state index contributed by atoms with van der Waals surface area (Å²) in [5, 5.41) is 8.91. The Kier molecular flexibility index (Phi) is 6.53. The van der Waals surface area contributed by atoms with Crippen molar-refractivity contribution in [1.82, 2.24) is 20.5 Å². The molecule has 33 heavy (non-hydrogen) atoms. The number of rotatable bonds is 4. The van der Waals surface area contributed by atoms with E-state index in [0.717, 1.165) is 0 Å². The number of hydrogen-bond donors (Lipinski definition) is 4. The van der Waals surface area contributed by atoms with Crippen molar-refractivity contribution in [1.29, 1.82) is 0 Å². The molecule has 1 fully saturated rings. The number of urea groups is 2. The first-order valence-electron chi connectivity index (χ1n) is 10.5. The van der Waals surface area contributed by atoms with Gasteiger partial charge in [-0.3, -0.25) is 4.79 Å². The van der Waals surface area contributed by atoms with Gasteiger partial charge in [0.05, 0.1) is 5.52 Å². The summed E-state index contributed by atoms with van der Waals surface area (Å²) in [6, 6.07) is 10.4. The van der Waals surface area contributed by atoms with E-state index in [9.17, 15) is 23.2 Å².